The Morgan fingerprint density at radius 3 is 2.18 bits per heavy atom. The van der Waals surface area contributed by atoms with Crippen molar-refractivity contribution in [2.24, 2.45) is 34.5 Å². The van der Waals surface area contributed by atoms with Gasteiger partial charge in [-0.2, -0.15) is 0 Å². The van der Waals surface area contributed by atoms with Crippen LogP contribution in [0.1, 0.15) is 78.1 Å². The van der Waals surface area contributed by atoms with Gasteiger partial charge in [-0.1, -0.05) is 13.8 Å². The number of fused-ring (bicyclic) bond motifs is 5. The maximum Gasteiger partial charge on any atom is 0.170 e. The average Bonchev–Trinajstić information content (AvgIpc) is 3.47. The van der Waals surface area contributed by atoms with Crippen LogP contribution in [0.4, 0.5) is 0 Å². The maximum absolute atomic E-state index is 12.3. The van der Waals surface area contributed by atoms with Crippen LogP contribution < -0.4 is 0 Å². The molecule has 4 saturated carbocycles. The van der Waals surface area contributed by atoms with Gasteiger partial charge in [0.1, 0.15) is 5.72 Å². The van der Waals surface area contributed by atoms with Crippen LogP contribution in [-0.4, -0.2) is 108 Å². The molecule has 0 aromatic rings. The summed E-state index contributed by atoms with van der Waals surface area (Å²) in [6, 6.07) is 0.257. The van der Waals surface area contributed by atoms with Crippen molar-refractivity contribution < 1.29 is 19.7 Å². The molecular weight excluding hydrogens is 478 g/mol. The summed E-state index contributed by atoms with van der Waals surface area (Å²) >= 11 is 0. The molecule has 0 aromatic carbocycles. The lowest BCUT2D eigenvalue weighted by Gasteiger charge is -2.64. The molecule has 7 nitrogen and oxygen atoms in total. The quantitative estimate of drug-likeness (QED) is 0.567. The van der Waals surface area contributed by atoms with Crippen molar-refractivity contribution >= 4 is 0 Å². The predicted molar refractivity (Wildman–Crippen MR) is 146 cm³/mol. The zero-order valence-electron chi connectivity index (χ0n) is 24.2. The maximum atomic E-state index is 12.3. The summed E-state index contributed by atoms with van der Waals surface area (Å²) in [5.74, 6) is 2.35. The Labute approximate surface area is 230 Å². The van der Waals surface area contributed by atoms with E-state index in [-0.39, 0.29) is 28.8 Å². The third-order valence-corrected chi connectivity index (χ3v) is 13.7. The van der Waals surface area contributed by atoms with E-state index in [0.717, 1.165) is 103 Å². The Hall–Kier alpha value is -0.280. The number of likely N-dealkylation sites (N-methyl/N-ethyl adjacent to an activating group) is 1. The number of nitrogens with zero attached hydrogens (tertiary/aromatic N) is 3. The monoisotopic (exact) mass is 531 g/mol. The summed E-state index contributed by atoms with van der Waals surface area (Å²) in [5.41, 5.74) is -0.345. The molecule has 216 valence electrons. The van der Waals surface area contributed by atoms with E-state index in [4.69, 9.17) is 9.47 Å². The lowest BCUT2D eigenvalue weighted by molar-refractivity contribution is -0.225. The number of likely N-dealkylation sites (tertiary alicyclic amines) is 1. The topological polar surface area (TPSA) is 68.6 Å². The zero-order chi connectivity index (χ0) is 26.3. The second-order valence-corrected chi connectivity index (χ2v) is 15.0. The molecule has 0 aromatic heterocycles. The van der Waals surface area contributed by atoms with Crippen LogP contribution in [0.15, 0.2) is 0 Å². The Kier molecular flexibility index (Phi) is 6.56. The molecular formula is C31H53N3O4. The van der Waals surface area contributed by atoms with E-state index in [2.05, 4.69) is 35.6 Å². The van der Waals surface area contributed by atoms with E-state index >= 15 is 0 Å². The fraction of sp³-hybridized carbons (Fsp3) is 1.00. The minimum absolute atomic E-state index is 0.00330. The minimum Gasteiger partial charge on any atom is -0.391 e. The predicted octanol–water partition coefficient (Wildman–Crippen LogP) is 3.14. The molecule has 7 fully saturated rings. The molecule has 7 heteroatoms. The van der Waals surface area contributed by atoms with Gasteiger partial charge < -0.3 is 24.6 Å². The Morgan fingerprint density at radius 1 is 0.789 bits per heavy atom. The van der Waals surface area contributed by atoms with Crippen molar-refractivity contribution in [2.75, 3.05) is 59.5 Å². The first kappa shape index (κ1) is 26.6. The molecule has 0 radical (unpaired) electrons. The first-order chi connectivity index (χ1) is 18.2. The van der Waals surface area contributed by atoms with Gasteiger partial charge in [-0.3, -0.25) is 9.80 Å². The van der Waals surface area contributed by atoms with Crippen molar-refractivity contribution in [3.05, 3.63) is 0 Å². The number of piperazine rings is 1. The molecule has 9 atom stereocenters. The molecule has 0 bridgehead atoms. The third-order valence-electron chi connectivity index (χ3n) is 13.7. The van der Waals surface area contributed by atoms with E-state index in [0.29, 0.717) is 11.8 Å². The van der Waals surface area contributed by atoms with E-state index < -0.39 is 5.72 Å². The van der Waals surface area contributed by atoms with Crippen molar-refractivity contribution in [3.8, 4) is 0 Å². The molecule has 3 heterocycles. The smallest absolute Gasteiger partial charge is 0.170 e. The number of aliphatic hydroxyl groups is 2. The molecule has 3 saturated heterocycles. The van der Waals surface area contributed by atoms with Crippen molar-refractivity contribution in [1.82, 2.24) is 14.7 Å². The number of ether oxygens (including phenoxy) is 2. The van der Waals surface area contributed by atoms with Gasteiger partial charge in [-0.05, 0) is 87.5 Å². The van der Waals surface area contributed by atoms with Crippen LogP contribution in [0, 0.1) is 34.5 Å². The number of hydrogen-bond donors (Lipinski definition) is 2. The molecule has 4 unspecified atom stereocenters. The summed E-state index contributed by atoms with van der Waals surface area (Å²) in [6.45, 7) is 12.6. The summed E-state index contributed by atoms with van der Waals surface area (Å²) in [6.07, 6.45) is 10.8. The first-order valence-electron chi connectivity index (χ1n) is 16.0. The highest BCUT2D eigenvalue weighted by atomic mass is 16.7. The van der Waals surface area contributed by atoms with Crippen LogP contribution in [0.3, 0.4) is 0 Å². The lowest BCUT2D eigenvalue weighted by Crippen LogP contribution is -2.65. The van der Waals surface area contributed by atoms with Crippen LogP contribution in [0.5, 0.6) is 0 Å². The van der Waals surface area contributed by atoms with Crippen molar-refractivity contribution in [1.29, 1.82) is 0 Å². The number of hydrogen-bond acceptors (Lipinski definition) is 7. The van der Waals surface area contributed by atoms with Crippen LogP contribution >= 0.6 is 0 Å². The highest BCUT2D eigenvalue weighted by Crippen LogP contribution is 2.69. The number of piperidine rings is 1. The van der Waals surface area contributed by atoms with Gasteiger partial charge in [0.25, 0.3) is 0 Å². The third kappa shape index (κ3) is 3.85. The van der Waals surface area contributed by atoms with Crippen LogP contribution in [-0.2, 0) is 9.47 Å². The van der Waals surface area contributed by atoms with Gasteiger partial charge in [0, 0.05) is 63.6 Å². The largest absolute Gasteiger partial charge is 0.391 e. The van der Waals surface area contributed by atoms with E-state index in [9.17, 15) is 10.2 Å². The standard InChI is InChI=1S/C31H53N3O4/c1-28-21-26(33-12-10-30(11-13-33)37-18-19-38-30)27(35)20-22(28)4-5-23-24(28)6-8-29(2)25(23)7-9-31(29,36)34-16-14-32(3)15-17-34/h22-27,35-36H,4-21H2,1-3H3/t22?,23-,24-,25+,26?,27?,28+,29+,31?/m1/s1. The molecule has 7 rings (SSSR count). The van der Waals surface area contributed by atoms with Crippen molar-refractivity contribution in [3.63, 3.8) is 0 Å². The number of rotatable bonds is 2. The second-order valence-electron chi connectivity index (χ2n) is 15.0. The first-order valence-corrected chi connectivity index (χ1v) is 16.0. The van der Waals surface area contributed by atoms with Gasteiger partial charge in [0.15, 0.2) is 5.79 Å². The van der Waals surface area contributed by atoms with Gasteiger partial charge in [0.2, 0.25) is 0 Å². The lowest BCUT2D eigenvalue weighted by atomic mass is 9.44. The molecule has 3 aliphatic heterocycles. The normalized spacial score (nSPS) is 52.0. The van der Waals surface area contributed by atoms with Gasteiger partial charge in [-0.15, -0.1) is 0 Å². The van der Waals surface area contributed by atoms with E-state index in [1.165, 1.54) is 25.7 Å². The molecule has 2 N–H and O–H groups in total. The summed E-state index contributed by atoms with van der Waals surface area (Å²) in [7, 11) is 2.21. The average molecular weight is 532 g/mol. The molecule has 4 aliphatic carbocycles. The fourth-order valence-corrected chi connectivity index (χ4v) is 11.3. The minimum atomic E-state index is -0.638. The SMILES string of the molecule is CN1CCN(C2(O)CC[C@H]3[C@@H]4CCC5CC(O)C(N6CCC7(CC6)OCCO7)C[C@]5(C)[C@@H]4CC[C@@]32C)CC1. The van der Waals surface area contributed by atoms with Gasteiger partial charge in [-0.25, -0.2) is 0 Å². The Bertz CT molecular complexity index is 880. The zero-order valence-corrected chi connectivity index (χ0v) is 24.2. The number of aliphatic hydroxyl groups excluding tert-OH is 1. The Balaban J connectivity index is 1.09. The van der Waals surface area contributed by atoms with Crippen molar-refractivity contribution in [2.45, 2.75) is 102 Å². The summed E-state index contributed by atoms with van der Waals surface area (Å²) in [4.78, 5) is 7.45. The second kappa shape index (κ2) is 9.37. The molecule has 38 heavy (non-hydrogen) atoms. The van der Waals surface area contributed by atoms with Gasteiger partial charge >= 0.3 is 0 Å². The summed E-state index contributed by atoms with van der Waals surface area (Å²) < 4.78 is 12.0. The summed E-state index contributed by atoms with van der Waals surface area (Å²) in [5, 5.41) is 23.7. The highest BCUT2D eigenvalue weighted by Gasteiger charge is 2.66. The molecule has 7 aliphatic rings. The highest BCUT2D eigenvalue weighted by molar-refractivity contribution is 5.15. The van der Waals surface area contributed by atoms with E-state index in [1.807, 2.05) is 0 Å². The van der Waals surface area contributed by atoms with E-state index in [1.54, 1.807) is 0 Å². The van der Waals surface area contributed by atoms with Gasteiger partial charge in [0.05, 0.1) is 19.3 Å². The molecule has 1 spiro atoms. The Morgan fingerprint density at radius 2 is 1.47 bits per heavy atom. The van der Waals surface area contributed by atoms with Crippen LogP contribution in [0.25, 0.3) is 0 Å². The van der Waals surface area contributed by atoms with Crippen LogP contribution in [0.2, 0.25) is 0 Å². The molecule has 0 amide bonds. The fourth-order valence-electron chi connectivity index (χ4n) is 11.3.